The second-order valence-corrected chi connectivity index (χ2v) is 11.4. The van der Waals surface area contributed by atoms with Crippen LogP contribution in [0.5, 0.6) is 5.75 Å². The number of rotatable bonds is 6. The van der Waals surface area contributed by atoms with E-state index >= 15 is 0 Å². The van der Waals surface area contributed by atoms with Crippen LogP contribution in [0, 0.1) is 13.8 Å². The highest BCUT2D eigenvalue weighted by atomic mass is 35.5. The van der Waals surface area contributed by atoms with Gasteiger partial charge in [0.15, 0.2) is 4.80 Å². The molecule has 40 heavy (non-hydrogen) atoms. The van der Waals surface area contributed by atoms with Crippen LogP contribution < -0.4 is 19.6 Å². The number of allylic oxidation sites excluding steroid dienone is 1. The van der Waals surface area contributed by atoms with Gasteiger partial charge in [0.1, 0.15) is 5.75 Å². The van der Waals surface area contributed by atoms with Gasteiger partial charge >= 0.3 is 5.97 Å². The minimum absolute atomic E-state index is 0.223. The zero-order valence-corrected chi connectivity index (χ0v) is 24.8. The summed E-state index contributed by atoms with van der Waals surface area (Å²) in [4.78, 5) is 32.5. The van der Waals surface area contributed by atoms with E-state index in [-0.39, 0.29) is 11.7 Å². The Kier molecular flexibility index (Phi) is 7.57. The van der Waals surface area contributed by atoms with E-state index in [2.05, 4.69) is 9.56 Å². The lowest BCUT2D eigenvalue weighted by atomic mass is 9.96. The summed E-state index contributed by atoms with van der Waals surface area (Å²) in [5.41, 5.74) is 5.28. The van der Waals surface area contributed by atoms with Gasteiger partial charge in [-0.05, 0) is 88.2 Å². The van der Waals surface area contributed by atoms with Gasteiger partial charge in [0.25, 0.3) is 5.56 Å². The summed E-state index contributed by atoms with van der Waals surface area (Å²) in [6, 6.07) is 16.4. The van der Waals surface area contributed by atoms with Crippen LogP contribution in [-0.2, 0) is 9.53 Å². The normalized spacial score (nSPS) is 15.3. The Labute approximate surface area is 241 Å². The summed E-state index contributed by atoms with van der Waals surface area (Å²) in [5.74, 6) is 0.189. The molecule has 0 bridgehead atoms. The molecule has 0 radical (unpaired) electrons. The highest BCUT2D eigenvalue weighted by molar-refractivity contribution is 7.07. The molecular formula is C31H30ClN3O4S. The van der Waals surface area contributed by atoms with Crippen molar-refractivity contribution in [3.63, 3.8) is 0 Å². The number of aryl methyl sites for hydroxylation is 1. The van der Waals surface area contributed by atoms with E-state index in [4.69, 9.17) is 21.1 Å². The number of carbonyl (C=O) groups excluding carboxylic acids is 1. The highest BCUT2D eigenvalue weighted by Gasteiger charge is 2.33. The zero-order chi connectivity index (χ0) is 28.7. The van der Waals surface area contributed by atoms with Gasteiger partial charge in [-0.25, -0.2) is 9.79 Å². The average Bonchev–Trinajstić information content (AvgIpc) is 3.36. The molecule has 0 saturated carbocycles. The molecular weight excluding hydrogens is 546 g/mol. The number of hydrogen-bond donors (Lipinski definition) is 0. The molecule has 0 unspecified atom stereocenters. The van der Waals surface area contributed by atoms with E-state index in [1.165, 1.54) is 11.3 Å². The number of benzene rings is 2. The molecule has 3 heterocycles. The second kappa shape index (κ2) is 10.9. The molecule has 9 heteroatoms. The number of thiazole rings is 1. The second-order valence-electron chi connectivity index (χ2n) is 9.95. The summed E-state index contributed by atoms with van der Waals surface area (Å²) >= 11 is 7.55. The summed E-state index contributed by atoms with van der Waals surface area (Å²) in [6.07, 6.45) is 1.58. The number of ether oxygens (including phenoxy) is 2. The highest BCUT2D eigenvalue weighted by Crippen LogP contribution is 2.32. The summed E-state index contributed by atoms with van der Waals surface area (Å²) in [5, 5.41) is 0.653. The third-order valence-corrected chi connectivity index (χ3v) is 8.06. The van der Waals surface area contributed by atoms with Crippen molar-refractivity contribution in [3.05, 3.63) is 113 Å². The predicted molar refractivity (Wildman–Crippen MR) is 158 cm³/mol. The molecule has 0 spiro atoms. The van der Waals surface area contributed by atoms with E-state index in [0.717, 1.165) is 28.2 Å². The fraction of sp³-hybridized carbons (Fsp3) is 0.258. The molecule has 2 aromatic carbocycles. The lowest BCUT2D eigenvalue weighted by Gasteiger charge is -2.25. The lowest BCUT2D eigenvalue weighted by Crippen LogP contribution is -2.40. The Hall–Kier alpha value is -3.88. The molecule has 206 valence electrons. The maximum absolute atomic E-state index is 14.0. The molecule has 0 N–H and O–H groups in total. The Morgan fingerprint density at radius 3 is 2.48 bits per heavy atom. The van der Waals surface area contributed by atoms with Crippen LogP contribution in [0.4, 0.5) is 0 Å². The van der Waals surface area contributed by atoms with Crippen molar-refractivity contribution in [3.8, 4) is 11.4 Å². The number of nitrogens with zero attached hydrogens (tertiary/aromatic N) is 3. The third-order valence-electron chi connectivity index (χ3n) is 6.84. The van der Waals surface area contributed by atoms with Gasteiger partial charge in [0.2, 0.25) is 0 Å². The molecule has 1 aliphatic rings. The van der Waals surface area contributed by atoms with Crippen molar-refractivity contribution in [2.24, 2.45) is 4.99 Å². The lowest BCUT2D eigenvalue weighted by molar-refractivity contribution is -0.143. The molecule has 7 nitrogen and oxygen atoms in total. The molecule has 0 saturated heterocycles. The van der Waals surface area contributed by atoms with Crippen LogP contribution in [0.15, 0.2) is 75.7 Å². The summed E-state index contributed by atoms with van der Waals surface area (Å²) in [7, 11) is 1.59. The first-order valence-corrected chi connectivity index (χ1v) is 14.1. The van der Waals surface area contributed by atoms with Crippen molar-refractivity contribution in [1.29, 1.82) is 0 Å². The van der Waals surface area contributed by atoms with E-state index < -0.39 is 12.0 Å². The van der Waals surface area contributed by atoms with Crippen molar-refractivity contribution < 1.29 is 14.3 Å². The van der Waals surface area contributed by atoms with Gasteiger partial charge < -0.3 is 14.0 Å². The number of aromatic nitrogens is 2. The minimum Gasteiger partial charge on any atom is -0.497 e. The maximum atomic E-state index is 14.0. The van der Waals surface area contributed by atoms with Crippen LogP contribution in [-0.4, -0.2) is 28.3 Å². The van der Waals surface area contributed by atoms with Crippen molar-refractivity contribution >= 4 is 35.0 Å². The minimum atomic E-state index is -0.686. The quantitative estimate of drug-likeness (QED) is 0.294. The van der Waals surface area contributed by atoms with Gasteiger partial charge in [-0.1, -0.05) is 41.1 Å². The van der Waals surface area contributed by atoms with Crippen molar-refractivity contribution in [2.45, 2.75) is 46.8 Å². The smallest absolute Gasteiger partial charge is 0.338 e. The fourth-order valence-corrected chi connectivity index (χ4v) is 6.27. The van der Waals surface area contributed by atoms with Crippen LogP contribution in [0.25, 0.3) is 11.8 Å². The third kappa shape index (κ3) is 5.05. The van der Waals surface area contributed by atoms with Crippen LogP contribution in [0.3, 0.4) is 0 Å². The monoisotopic (exact) mass is 575 g/mol. The van der Waals surface area contributed by atoms with Gasteiger partial charge in [0, 0.05) is 22.1 Å². The first kappa shape index (κ1) is 27.7. The zero-order valence-electron chi connectivity index (χ0n) is 23.2. The van der Waals surface area contributed by atoms with Crippen LogP contribution in [0.2, 0.25) is 5.02 Å². The van der Waals surface area contributed by atoms with Crippen LogP contribution in [0.1, 0.15) is 49.3 Å². The topological polar surface area (TPSA) is 74.8 Å². The molecule has 2 aromatic heterocycles. The van der Waals surface area contributed by atoms with E-state index in [1.54, 1.807) is 32.4 Å². The molecule has 1 atom stereocenters. The van der Waals surface area contributed by atoms with E-state index in [0.29, 0.717) is 31.4 Å². The van der Waals surface area contributed by atoms with E-state index in [9.17, 15) is 9.59 Å². The molecule has 4 aromatic rings. The van der Waals surface area contributed by atoms with Gasteiger partial charge in [-0.2, -0.15) is 0 Å². The number of methoxy groups -OCH3 is 1. The molecule has 0 aliphatic carbocycles. The first-order valence-electron chi connectivity index (χ1n) is 12.9. The molecule has 0 fully saturated rings. The molecule has 0 amide bonds. The number of hydrogen-bond acceptors (Lipinski definition) is 6. The molecule has 5 rings (SSSR count). The Balaban J connectivity index is 1.68. The largest absolute Gasteiger partial charge is 0.497 e. The SMILES string of the molecule is COc1ccc([C@@H]2C(C(=O)OC(C)C)=C(C)N=c3s/c(=C/c4cc(C)n(-c5cccc(Cl)c5)c4C)c(=O)n32)cc1. The van der Waals surface area contributed by atoms with Crippen LogP contribution >= 0.6 is 22.9 Å². The number of fused-ring (bicyclic) bond motifs is 1. The van der Waals surface area contributed by atoms with Crippen molar-refractivity contribution in [2.75, 3.05) is 7.11 Å². The predicted octanol–water partition coefficient (Wildman–Crippen LogP) is 5.26. The van der Waals surface area contributed by atoms with Gasteiger partial charge in [0.05, 0.1) is 35.1 Å². The molecule has 1 aliphatic heterocycles. The van der Waals surface area contributed by atoms with Gasteiger partial charge in [-0.15, -0.1) is 0 Å². The summed E-state index contributed by atoms with van der Waals surface area (Å²) < 4.78 is 15.1. The number of esters is 1. The van der Waals surface area contributed by atoms with Gasteiger partial charge in [-0.3, -0.25) is 9.36 Å². The Morgan fingerprint density at radius 2 is 1.82 bits per heavy atom. The fourth-order valence-electron chi connectivity index (χ4n) is 5.05. The average molecular weight is 576 g/mol. The Bertz CT molecular complexity index is 1830. The van der Waals surface area contributed by atoms with E-state index in [1.807, 2.05) is 74.5 Å². The first-order chi connectivity index (χ1) is 19.1. The number of halogens is 1. The number of carbonyl (C=O) groups is 1. The Morgan fingerprint density at radius 1 is 1.10 bits per heavy atom. The standard InChI is InChI=1S/C31H30ClN3O4S/c1-17(2)39-30(37)27-19(4)33-31-35(28(27)21-10-12-25(38-6)13-11-21)29(36)26(40-31)15-22-14-18(3)34(20(22)5)24-9-7-8-23(32)16-24/h7-17,28H,1-6H3/b26-15+/t28-/m1/s1. The maximum Gasteiger partial charge on any atom is 0.338 e. The summed E-state index contributed by atoms with van der Waals surface area (Å²) in [6.45, 7) is 9.41. The van der Waals surface area contributed by atoms with Crippen molar-refractivity contribution in [1.82, 2.24) is 9.13 Å².